The number of fused-ring (bicyclic) bond motifs is 3. The molecule has 0 unspecified atom stereocenters. The van der Waals surface area contributed by atoms with E-state index in [-0.39, 0.29) is 5.82 Å². The van der Waals surface area contributed by atoms with Gasteiger partial charge in [0, 0.05) is 39.1 Å². The lowest BCUT2D eigenvalue weighted by molar-refractivity contribution is 0.627. The van der Waals surface area contributed by atoms with Crippen LogP contribution in [0.3, 0.4) is 0 Å². The maximum atomic E-state index is 13.3. The molecule has 0 saturated heterocycles. The van der Waals surface area contributed by atoms with Gasteiger partial charge >= 0.3 is 0 Å². The second kappa shape index (κ2) is 6.18. The number of halogens is 2. The summed E-state index contributed by atoms with van der Waals surface area (Å²) in [4.78, 5) is 4.31. The van der Waals surface area contributed by atoms with Gasteiger partial charge in [0.05, 0.1) is 17.4 Å². The maximum absolute atomic E-state index is 13.3. The fraction of sp³-hybridized carbons (Fsp3) is 0. The van der Waals surface area contributed by atoms with E-state index in [1.165, 1.54) is 12.1 Å². The van der Waals surface area contributed by atoms with E-state index in [1.54, 1.807) is 18.3 Å². The molecule has 0 spiro atoms. The molecular weight excluding hydrogens is 361 g/mol. The summed E-state index contributed by atoms with van der Waals surface area (Å²) in [6.45, 7) is 0. The fourth-order valence-electron chi connectivity index (χ4n) is 3.47. The van der Waals surface area contributed by atoms with Crippen molar-refractivity contribution in [2.45, 2.75) is 0 Å². The molecule has 2 heterocycles. The van der Waals surface area contributed by atoms with Crippen LogP contribution >= 0.6 is 11.6 Å². The van der Waals surface area contributed by atoms with Gasteiger partial charge in [0.2, 0.25) is 0 Å². The van der Waals surface area contributed by atoms with Gasteiger partial charge in [-0.05, 0) is 48.0 Å². The molecule has 0 radical (unpaired) electrons. The third kappa shape index (κ3) is 2.57. The highest BCUT2D eigenvalue weighted by atomic mass is 35.5. The Hall–Kier alpha value is -3.24. The van der Waals surface area contributed by atoms with E-state index in [2.05, 4.69) is 16.1 Å². The molecule has 3 nitrogen and oxygen atoms in total. The van der Waals surface area contributed by atoms with E-state index >= 15 is 0 Å². The summed E-state index contributed by atoms with van der Waals surface area (Å²) in [5.74, 6) is -0.273. The number of hydrogen-bond donors (Lipinski definition) is 0. The van der Waals surface area contributed by atoms with Gasteiger partial charge in [-0.1, -0.05) is 29.8 Å². The van der Waals surface area contributed by atoms with Gasteiger partial charge in [-0.2, -0.15) is 5.10 Å². The standard InChI is InChI=1S/C22H13ClFN3/c23-21-4-2-1-3-17(21)19-11-14-12-26-27(16-7-5-15(24)6-8-16)22(14)18-9-10-25-13-20(18)19/h1-13H. The van der Waals surface area contributed by atoms with Crippen LogP contribution in [0.1, 0.15) is 0 Å². The summed E-state index contributed by atoms with van der Waals surface area (Å²) >= 11 is 6.45. The van der Waals surface area contributed by atoms with E-state index in [0.29, 0.717) is 5.02 Å². The van der Waals surface area contributed by atoms with E-state index in [1.807, 2.05) is 47.4 Å². The smallest absolute Gasteiger partial charge is 0.123 e. The van der Waals surface area contributed by atoms with Crippen molar-refractivity contribution in [3.8, 4) is 16.8 Å². The quantitative estimate of drug-likeness (QED) is 0.378. The highest BCUT2D eigenvalue weighted by molar-refractivity contribution is 6.34. The van der Waals surface area contributed by atoms with E-state index < -0.39 is 0 Å². The molecule has 0 aliphatic heterocycles. The normalized spacial score (nSPS) is 11.3. The number of benzene rings is 3. The van der Waals surface area contributed by atoms with E-state index in [9.17, 15) is 4.39 Å². The Morgan fingerprint density at radius 1 is 0.852 bits per heavy atom. The van der Waals surface area contributed by atoms with Crippen LogP contribution in [0.15, 0.2) is 79.3 Å². The molecule has 0 fully saturated rings. The molecule has 5 heteroatoms. The van der Waals surface area contributed by atoms with Crippen LogP contribution in [-0.4, -0.2) is 14.8 Å². The Balaban J connectivity index is 1.86. The van der Waals surface area contributed by atoms with Gasteiger partial charge < -0.3 is 0 Å². The molecule has 5 aromatic rings. The number of aromatic nitrogens is 3. The van der Waals surface area contributed by atoms with Crippen LogP contribution in [0.2, 0.25) is 5.02 Å². The number of hydrogen-bond acceptors (Lipinski definition) is 2. The first-order valence-corrected chi connectivity index (χ1v) is 8.85. The molecule has 2 aromatic heterocycles. The zero-order valence-corrected chi connectivity index (χ0v) is 14.9. The summed E-state index contributed by atoms with van der Waals surface area (Å²) < 4.78 is 15.2. The van der Waals surface area contributed by atoms with Crippen molar-refractivity contribution in [3.63, 3.8) is 0 Å². The highest BCUT2D eigenvalue weighted by Crippen LogP contribution is 2.37. The van der Waals surface area contributed by atoms with Gasteiger partial charge in [-0.25, -0.2) is 9.07 Å². The molecule has 0 bridgehead atoms. The topological polar surface area (TPSA) is 30.7 Å². The molecule has 0 saturated carbocycles. The summed E-state index contributed by atoms with van der Waals surface area (Å²) in [7, 11) is 0. The van der Waals surface area contributed by atoms with E-state index in [4.69, 9.17) is 11.6 Å². The van der Waals surface area contributed by atoms with Crippen molar-refractivity contribution in [2.24, 2.45) is 0 Å². The number of rotatable bonds is 2. The van der Waals surface area contributed by atoms with Crippen molar-refractivity contribution in [1.82, 2.24) is 14.8 Å². The van der Waals surface area contributed by atoms with Crippen LogP contribution in [0.4, 0.5) is 4.39 Å². The van der Waals surface area contributed by atoms with Gasteiger partial charge in [0.15, 0.2) is 0 Å². The van der Waals surface area contributed by atoms with Crippen molar-refractivity contribution in [1.29, 1.82) is 0 Å². The predicted octanol–water partition coefficient (Wildman–Crippen LogP) is 6.03. The van der Waals surface area contributed by atoms with Crippen molar-refractivity contribution < 1.29 is 4.39 Å². The third-order valence-electron chi connectivity index (χ3n) is 4.70. The van der Waals surface area contributed by atoms with Gasteiger partial charge in [0.25, 0.3) is 0 Å². The average Bonchev–Trinajstić information content (AvgIpc) is 3.13. The zero-order valence-electron chi connectivity index (χ0n) is 14.1. The molecule has 0 aliphatic rings. The van der Waals surface area contributed by atoms with Crippen molar-refractivity contribution in [3.05, 3.63) is 90.1 Å². The first kappa shape index (κ1) is 16.0. The molecule has 0 aliphatic carbocycles. The average molecular weight is 374 g/mol. The molecular formula is C22H13ClFN3. The van der Waals surface area contributed by atoms with Gasteiger partial charge in [-0.15, -0.1) is 0 Å². The molecule has 3 aromatic carbocycles. The first-order valence-electron chi connectivity index (χ1n) is 8.48. The Bertz CT molecular complexity index is 1290. The Kier molecular flexibility index (Phi) is 3.66. The molecule has 0 atom stereocenters. The number of nitrogens with zero attached hydrogens (tertiary/aromatic N) is 3. The van der Waals surface area contributed by atoms with Crippen LogP contribution in [0.5, 0.6) is 0 Å². The molecule has 0 amide bonds. The minimum absolute atomic E-state index is 0.273. The summed E-state index contributed by atoms with van der Waals surface area (Å²) in [5, 5.41) is 8.21. The molecule has 27 heavy (non-hydrogen) atoms. The van der Waals surface area contributed by atoms with Crippen molar-refractivity contribution >= 4 is 33.3 Å². The lowest BCUT2D eigenvalue weighted by atomic mass is 9.97. The molecule has 130 valence electrons. The Morgan fingerprint density at radius 3 is 2.48 bits per heavy atom. The first-order chi connectivity index (χ1) is 13.2. The summed E-state index contributed by atoms with van der Waals surface area (Å²) in [5.41, 5.74) is 3.72. The lowest BCUT2D eigenvalue weighted by Gasteiger charge is -2.11. The van der Waals surface area contributed by atoms with Crippen molar-refractivity contribution in [2.75, 3.05) is 0 Å². The molecule has 0 N–H and O–H groups in total. The lowest BCUT2D eigenvalue weighted by Crippen LogP contribution is -1.97. The minimum Gasteiger partial charge on any atom is -0.264 e. The zero-order chi connectivity index (χ0) is 18.4. The third-order valence-corrected chi connectivity index (χ3v) is 5.03. The Labute approximate surface area is 159 Å². The monoisotopic (exact) mass is 373 g/mol. The van der Waals surface area contributed by atoms with Crippen LogP contribution in [-0.2, 0) is 0 Å². The largest absolute Gasteiger partial charge is 0.264 e. The highest BCUT2D eigenvalue weighted by Gasteiger charge is 2.15. The minimum atomic E-state index is -0.273. The SMILES string of the molecule is Fc1ccc(-n2ncc3cc(-c4ccccc4Cl)c4cnccc4c32)cc1. The fourth-order valence-corrected chi connectivity index (χ4v) is 3.70. The summed E-state index contributed by atoms with van der Waals surface area (Å²) in [6.07, 6.45) is 5.43. The Morgan fingerprint density at radius 2 is 1.67 bits per heavy atom. The van der Waals surface area contributed by atoms with Gasteiger partial charge in [0.1, 0.15) is 5.82 Å². The number of pyridine rings is 1. The van der Waals surface area contributed by atoms with Gasteiger partial charge in [-0.3, -0.25) is 4.98 Å². The second-order valence-electron chi connectivity index (χ2n) is 6.30. The predicted molar refractivity (Wildman–Crippen MR) is 107 cm³/mol. The molecule has 5 rings (SSSR count). The van der Waals surface area contributed by atoms with Crippen LogP contribution < -0.4 is 0 Å². The maximum Gasteiger partial charge on any atom is 0.123 e. The van der Waals surface area contributed by atoms with Crippen LogP contribution in [0, 0.1) is 5.82 Å². The van der Waals surface area contributed by atoms with Crippen LogP contribution in [0.25, 0.3) is 38.5 Å². The second-order valence-corrected chi connectivity index (χ2v) is 6.70. The summed E-state index contributed by atoms with van der Waals surface area (Å²) in [6, 6.07) is 18.1. The van der Waals surface area contributed by atoms with E-state index in [0.717, 1.165) is 38.5 Å².